The van der Waals surface area contributed by atoms with E-state index in [1.165, 1.54) is 25.2 Å². The van der Waals surface area contributed by atoms with Crippen LogP contribution in [0.25, 0.3) is 22.2 Å². The summed E-state index contributed by atoms with van der Waals surface area (Å²) < 4.78 is 9.92. The van der Waals surface area contributed by atoms with E-state index >= 15 is 0 Å². The highest BCUT2D eigenvalue weighted by atomic mass is 32.2. The monoisotopic (exact) mass is 448 g/mol. The zero-order valence-electron chi connectivity index (χ0n) is 17.4. The number of anilines is 1. The fourth-order valence-electron chi connectivity index (χ4n) is 3.19. The molecule has 1 amide bonds. The van der Waals surface area contributed by atoms with Gasteiger partial charge < -0.3 is 19.8 Å². The third-order valence-corrected chi connectivity index (χ3v) is 5.73. The summed E-state index contributed by atoms with van der Waals surface area (Å²) in [5.41, 5.74) is 4.37. The summed E-state index contributed by atoms with van der Waals surface area (Å²) in [6.45, 7) is 0. The Morgan fingerprint density at radius 3 is 2.66 bits per heavy atom. The third-order valence-electron chi connectivity index (χ3n) is 4.74. The molecule has 2 heterocycles. The number of aromatic amines is 1. The highest BCUT2D eigenvalue weighted by Crippen LogP contribution is 2.32. The van der Waals surface area contributed by atoms with Crippen LogP contribution < -0.4 is 10.1 Å². The summed E-state index contributed by atoms with van der Waals surface area (Å²) in [6.07, 6.45) is 3.37. The zero-order chi connectivity index (χ0) is 22.5. The Bertz CT molecular complexity index is 1270. The number of amides is 1. The van der Waals surface area contributed by atoms with Gasteiger partial charge in [0.25, 0.3) is 0 Å². The van der Waals surface area contributed by atoms with Crippen molar-refractivity contribution in [2.75, 3.05) is 25.3 Å². The van der Waals surface area contributed by atoms with Gasteiger partial charge in [-0.15, -0.1) is 0 Å². The van der Waals surface area contributed by atoms with Crippen molar-refractivity contribution in [3.05, 3.63) is 66.6 Å². The molecule has 0 spiro atoms. The summed E-state index contributed by atoms with van der Waals surface area (Å²) >= 11 is 1.30. The maximum absolute atomic E-state index is 12.4. The molecule has 0 aliphatic carbocycles. The summed E-state index contributed by atoms with van der Waals surface area (Å²) in [6, 6.07) is 14.3. The number of methoxy groups -OCH3 is 2. The lowest BCUT2D eigenvalue weighted by atomic mass is 10.1. The maximum Gasteiger partial charge on any atom is 0.337 e. The highest BCUT2D eigenvalue weighted by molar-refractivity contribution is 8.00. The number of carbonyl (C=O) groups is 2. The van der Waals surface area contributed by atoms with Gasteiger partial charge in [0.2, 0.25) is 5.91 Å². The molecule has 0 aliphatic rings. The van der Waals surface area contributed by atoms with Crippen LogP contribution in [0.4, 0.5) is 5.69 Å². The first kappa shape index (κ1) is 21.4. The van der Waals surface area contributed by atoms with Crippen LogP contribution in [0.5, 0.6) is 5.75 Å². The predicted octanol–water partition coefficient (Wildman–Crippen LogP) is 4.15. The van der Waals surface area contributed by atoms with Crippen molar-refractivity contribution in [1.29, 1.82) is 0 Å². The third kappa shape index (κ3) is 4.57. The van der Waals surface area contributed by atoms with Gasteiger partial charge in [0, 0.05) is 17.4 Å². The molecule has 9 heteroatoms. The molecule has 8 nitrogen and oxygen atoms in total. The lowest BCUT2D eigenvalue weighted by Crippen LogP contribution is -2.14. The fraction of sp³-hybridized carbons (Fsp3) is 0.130. The maximum atomic E-state index is 12.4. The second kappa shape index (κ2) is 9.52. The van der Waals surface area contributed by atoms with E-state index in [1.54, 1.807) is 31.4 Å². The summed E-state index contributed by atoms with van der Waals surface area (Å²) in [5.74, 6) is 0.248. The molecule has 2 N–H and O–H groups in total. The quantitative estimate of drug-likeness (QED) is 0.248. The molecule has 4 aromatic rings. The average Bonchev–Trinajstić information content (AvgIpc) is 3.27. The standard InChI is InChI=1S/C23H20N4O4S/c1-30-17-8-6-14(7-9-17)18-11-24-21-20(18)25-13-26-22(21)32-12-19(28)27-16-5-3-4-15(10-16)23(29)31-2/h3-11,13,24H,12H2,1-2H3,(H,27,28). The summed E-state index contributed by atoms with van der Waals surface area (Å²) in [7, 11) is 2.94. The molecule has 2 aromatic carbocycles. The molecule has 0 bridgehead atoms. The van der Waals surface area contributed by atoms with Crippen LogP contribution >= 0.6 is 11.8 Å². The van der Waals surface area contributed by atoms with E-state index in [-0.39, 0.29) is 11.7 Å². The van der Waals surface area contributed by atoms with Crippen molar-refractivity contribution in [2.45, 2.75) is 5.03 Å². The number of aromatic nitrogens is 3. The van der Waals surface area contributed by atoms with Gasteiger partial charge >= 0.3 is 5.97 Å². The van der Waals surface area contributed by atoms with Crippen molar-refractivity contribution >= 4 is 40.4 Å². The van der Waals surface area contributed by atoms with E-state index < -0.39 is 5.97 Å². The van der Waals surface area contributed by atoms with E-state index in [9.17, 15) is 9.59 Å². The number of nitrogens with zero attached hydrogens (tertiary/aromatic N) is 2. The first-order valence-corrected chi connectivity index (χ1v) is 10.6. The van der Waals surface area contributed by atoms with Crippen LogP contribution in [0.3, 0.4) is 0 Å². The summed E-state index contributed by atoms with van der Waals surface area (Å²) in [4.78, 5) is 36.1. The lowest BCUT2D eigenvalue weighted by molar-refractivity contribution is -0.113. The molecule has 162 valence electrons. The first-order valence-electron chi connectivity index (χ1n) is 9.66. The first-order chi connectivity index (χ1) is 15.6. The lowest BCUT2D eigenvalue weighted by Gasteiger charge is -2.07. The molecule has 32 heavy (non-hydrogen) atoms. The number of fused-ring (bicyclic) bond motifs is 1. The number of nitrogens with one attached hydrogen (secondary N) is 2. The molecule has 0 unspecified atom stereocenters. The second-order valence-electron chi connectivity index (χ2n) is 6.74. The minimum absolute atomic E-state index is 0.144. The van der Waals surface area contributed by atoms with E-state index in [0.717, 1.165) is 27.9 Å². The number of hydrogen-bond donors (Lipinski definition) is 2. The minimum Gasteiger partial charge on any atom is -0.497 e. The van der Waals surface area contributed by atoms with Gasteiger partial charge in [-0.1, -0.05) is 30.0 Å². The average molecular weight is 449 g/mol. The normalized spacial score (nSPS) is 10.7. The molecular weight excluding hydrogens is 428 g/mol. The van der Waals surface area contributed by atoms with Crippen molar-refractivity contribution in [3.63, 3.8) is 0 Å². The van der Waals surface area contributed by atoms with Crippen LogP contribution in [0.15, 0.2) is 66.1 Å². The van der Waals surface area contributed by atoms with Crippen molar-refractivity contribution in [3.8, 4) is 16.9 Å². The molecule has 0 saturated carbocycles. The molecule has 0 aliphatic heterocycles. The van der Waals surface area contributed by atoms with Gasteiger partial charge in [0.05, 0.1) is 31.1 Å². The van der Waals surface area contributed by atoms with Crippen LogP contribution in [0.2, 0.25) is 0 Å². The number of benzene rings is 2. The van der Waals surface area contributed by atoms with Gasteiger partial charge in [-0.2, -0.15) is 0 Å². The van der Waals surface area contributed by atoms with Gasteiger partial charge in [-0.25, -0.2) is 14.8 Å². The van der Waals surface area contributed by atoms with Crippen LogP contribution in [0, 0.1) is 0 Å². The van der Waals surface area contributed by atoms with Crippen molar-refractivity contribution in [1.82, 2.24) is 15.0 Å². The van der Waals surface area contributed by atoms with Crippen molar-refractivity contribution < 1.29 is 19.1 Å². The number of carbonyl (C=O) groups excluding carboxylic acids is 2. The van der Waals surface area contributed by atoms with E-state index in [2.05, 4.69) is 20.3 Å². The Morgan fingerprint density at radius 1 is 1.09 bits per heavy atom. The number of thioether (sulfide) groups is 1. The highest BCUT2D eigenvalue weighted by Gasteiger charge is 2.14. The molecule has 0 radical (unpaired) electrons. The Hall–Kier alpha value is -3.85. The van der Waals surface area contributed by atoms with Crippen LogP contribution in [-0.4, -0.2) is 46.8 Å². The Labute approximate surface area is 188 Å². The molecule has 4 rings (SSSR count). The zero-order valence-corrected chi connectivity index (χ0v) is 18.2. The van der Waals surface area contributed by atoms with Crippen LogP contribution in [0.1, 0.15) is 10.4 Å². The number of ether oxygens (including phenoxy) is 2. The van der Waals surface area contributed by atoms with Gasteiger partial charge in [-0.3, -0.25) is 4.79 Å². The van der Waals surface area contributed by atoms with Gasteiger partial charge in [0.1, 0.15) is 22.6 Å². The smallest absolute Gasteiger partial charge is 0.337 e. The SMILES string of the molecule is COC(=O)c1cccc(NC(=O)CSc2ncnc3c(-c4ccc(OC)cc4)c[nH]c23)c1. The number of H-pyrrole nitrogens is 1. The number of hydrogen-bond acceptors (Lipinski definition) is 7. The molecule has 0 saturated heterocycles. The number of esters is 1. The predicted molar refractivity (Wildman–Crippen MR) is 123 cm³/mol. The van der Waals surface area contributed by atoms with E-state index in [4.69, 9.17) is 9.47 Å². The summed E-state index contributed by atoms with van der Waals surface area (Å²) in [5, 5.41) is 3.46. The Kier molecular flexibility index (Phi) is 6.37. The Morgan fingerprint density at radius 2 is 1.91 bits per heavy atom. The molecule has 0 atom stereocenters. The van der Waals surface area contributed by atoms with Gasteiger partial charge in [-0.05, 0) is 35.9 Å². The largest absolute Gasteiger partial charge is 0.497 e. The minimum atomic E-state index is -0.460. The second-order valence-corrected chi connectivity index (χ2v) is 7.71. The Balaban J connectivity index is 1.47. The molecule has 2 aromatic heterocycles. The van der Waals surface area contributed by atoms with Crippen LogP contribution in [-0.2, 0) is 9.53 Å². The van der Waals surface area contributed by atoms with Crippen molar-refractivity contribution in [2.24, 2.45) is 0 Å². The van der Waals surface area contributed by atoms with Gasteiger partial charge in [0.15, 0.2) is 0 Å². The molecule has 0 fully saturated rings. The van der Waals surface area contributed by atoms with E-state index in [0.29, 0.717) is 16.3 Å². The topological polar surface area (TPSA) is 106 Å². The van der Waals surface area contributed by atoms with E-state index in [1.807, 2.05) is 30.5 Å². The molecular formula is C23H20N4O4S. The fourth-order valence-corrected chi connectivity index (χ4v) is 3.95. The number of rotatable bonds is 7.